The number of nitrogens with zero attached hydrogens (tertiary/aromatic N) is 2. The average Bonchev–Trinajstić information content (AvgIpc) is 2.95. The molecule has 5 rings (SSSR count). The van der Waals surface area contributed by atoms with E-state index in [4.69, 9.17) is 4.74 Å². The Kier molecular flexibility index (Phi) is 6.79. The van der Waals surface area contributed by atoms with Crippen molar-refractivity contribution in [2.45, 2.75) is 26.8 Å². The van der Waals surface area contributed by atoms with Crippen LogP contribution in [-0.4, -0.2) is 16.6 Å². The minimum atomic E-state index is -0.462. The summed E-state index contributed by atoms with van der Waals surface area (Å²) >= 11 is 0. The van der Waals surface area contributed by atoms with Gasteiger partial charge < -0.3 is 9.30 Å². The first kappa shape index (κ1) is 25.0. The molecule has 0 atom stereocenters. The van der Waals surface area contributed by atoms with Crippen molar-refractivity contribution in [2.24, 2.45) is 0 Å². The summed E-state index contributed by atoms with van der Waals surface area (Å²) in [6.07, 6.45) is 0.886. The molecular weight excluding hydrogens is 476 g/mol. The van der Waals surface area contributed by atoms with E-state index in [1.807, 2.05) is 79.7 Å². The molecule has 38 heavy (non-hydrogen) atoms. The normalized spacial score (nSPS) is 11.0. The Morgan fingerprint density at radius 2 is 1.47 bits per heavy atom. The third kappa shape index (κ3) is 4.68. The van der Waals surface area contributed by atoms with Crippen molar-refractivity contribution < 1.29 is 9.66 Å². The maximum absolute atomic E-state index is 14.2. The molecule has 1 aromatic heterocycles. The Bertz CT molecular complexity index is 1680. The third-order valence-corrected chi connectivity index (χ3v) is 6.94. The van der Waals surface area contributed by atoms with Gasteiger partial charge in [0.15, 0.2) is 5.43 Å². The van der Waals surface area contributed by atoms with Crippen molar-refractivity contribution in [3.05, 3.63) is 128 Å². The topological polar surface area (TPSA) is 74.4 Å². The van der Waals surface area contributed by atoms with Crippen LogP contribution in [0.5, 0.6) is 5.75 Å². The molecule has 5 aromatic rings. The highest BCUT2D eigenvalue weighted by Crippen LogP contribution is 2.35. The van der Waals surface area contributed by atoms with Gasteiger partial charge in [-0.05, 0) is 53.8 Å². The summed E-state index contributed by atoms with van der Waals surface area (Å²) in [6, 6.07) is 28.4. The maximum Gasteiger partial charge on any atom is 0.270 e. The molecule has 0 spiro atoms. The van der Waals surface area contributed by atoms with Crippen LogP contribution in [0, 0.1) is 17.0 Å². The molecule has 0 saturated carbocycles. The minimum Gasteiger partial charge on any atom is -0.497 e. The second-order valence-corrected chi connectivity index (χ2v) is 9.36. The predicted octanol–water partition coefficient (Wildman–Crippen LogP) is 7.17. The lowest BCUT2D eigenvalue weighted by molar-refractivity contribution is -0.384. The predicted molar refractivity (Wildman–Crippen MR) is 152 cm³/mol. The molecule has 0 amide bonds. The molecule has 0 aliphatic rings. The van der Waals surface area contributed by atoms with Crippen LogP contribution in [0.15, 0.2) is 95.8 Å². The molecule has 0 aliphatic heterocycles. The lowest BCUT2D eigenvalue weighted by Gasteiger charge is -2.22. The molecule has 0 fully saturated rings. The third-order valence-electron chi connectivity index (χ3n) is 6.94. The standard InChI is InChI=1S/C32H28N2O4/c1-4-22-7-13-24(14-8-22)30-31(25-11-5-21(2)6-12-25)33(20-23-9-16-27(38-3)17-10-23)29-18-15-26(34(36)37)19-28(29)32(30)35/h5-19H,4,20H2,1-3H3. The number of nitro benzene ring substituents is 1. The summed E-state index contributed by atoms with van der Waals surface area (Å²) in [5.74, 6) is 0.754. The largest absolute Gasteiger partial charge is 0.497 e. The van der Waals surface area contributed by atoms with Gasteiger partial charge >= 0.3 is 0 Å². The number of nitro groups is 1. The number of hydrogen-bond acceptors (Lipinski definition) is 4. The Morgan fingerprint density at radius 3 is 2.08 bits per heavy atom. The second kappa shape index (κ2) is 10.3. The van der Waals surface area contributed by atoms with Crippen molar-refractivity contribution in [1.82, 2.24) is 4.57 Å². The highest BCUT2D eigenvalue weighted by atomic mass is 16.6. The Hall–Kier alpha value is -4.71. The molecular formula is C32H28N2O4. The van der Waals surface area contributed by atoms with E-state index >= 15 is 0 Å². The van der Waals surface area contributed by atoms with Crippen LogP contribution in [0.25, 0.3) is 33.3 Å². The zero-order chi connectivity index (χ0) is 26.8. The van der Waals surface area contributed by atoms with Crippen LogP contribution in [0.4, 0.5) is 5.69 Å². The summed E-state index contributed by atoms with van der Waals surface area (Å²) in [7, 11) is 1.63. The Labute approximate surface area is 220 Å². The quantitative estimate of drug-likeness (QED) is 0.174. The number of pyridine rings is 1. The molecule has 190 valence electrons. The zero-order valence-corrected chi connectivity index (χ0v) is 21.6. The number of rotatable bonds is 7. The van der Waals surface area contributed by atoms with Crippen molar-refractivity contribution in [3.8, 4) is 28.1 Å². The molecule has 6 heteroatoms. The van der Waals surface area contributed by atoms with E-state index in [0.29, 0.717) is 23.0 Å². The molecule has 0 unspecified atom stereocenters. The number of aryl methyl sites for hydroxylation is 2. The second-order valence-electron chi connectivity index (χ2n) is 9.36. The lowest BCUT2D eigenvalue weighted by atomic mass is 9.94. The van der Waals surface area contributed by atoms with Crippen molar-refractivity contribution >= 4 is 16.6 Å². The molecule has 0 bridgehead atoms. The van der Waals surface area contributed by atoms with Crippen molar-refractivity contribution in [2.75, 3.05) is 7.11 Å². The van der Waals surface area contributed by atoms with Crippen LogP contribution in [0.2, 0.25) is 0 Å². The van der Waals surface area contributed by atoms with E-state index < -0.39 is 4.92 Å². The average molecular weight is 505 g/mol. The monoisotopic (exact) mass is 504 g/mol. The van der Waals surface area contributed by atoms with Crippen LogP contribution < -0.4 is 10.2 Å². The zero-order valence-electron chi connectivity index (χ0n) is 21.6. The van der Waals surface area contributed by atoms with Gasteiger partial charge in [0.05, 0.1) is 34.2 Å². The molecule has 0 saturated heterocycles. The number of benzene rings is 4. The summed E-state index contributed by atoms with van der Waals surface area (Å²) < 4.78 is 7.42. The van der Waals surface area contributed by atoms with Gasteiger partial charge in [-0.1, -0.05) is 73.2 Å². The van der Waals surface area contributed by atoms with E-state index in [9.17, 15) is 14.9 Å². The number of non-ortho nitro benzene ring substituents is 1. The van der Waals surface area contributed by atoms with E-state index in [0.717, 1.165) is 40.1 Å². The van der Waals surface area contributed by atoms with Gasteiger partial charge in [-0.25, -0.2) is 0 Å². The van der Waals surface area contributed by atoms with E-state index in [2.05, 4.69) is 11.5 Å². The summed E-state index contributed by atoms with van der Waals surface area (Å²) in [4.78, 5) is 25.3. The first-order chi connectivity index (χ1) is 18.4. The highest BCUT2D eigenvalue weighted by molar-refractivity contribution is 5.93. The molecule has 0 N–H and O–H groups in total. The smallest absolute Gasteiger partial charge is 0.270 e. The number of hydrogen-bond donors (Lipinski definition) is 0. The lowest BCUT2D eigenvalue weighted by Crippen LogP contribution is -2.17. The van der Waals surface area contributed by atoms with E-state index in [1.54, 1.807) is 13.2 Å². The molecule has 0 radical (unpaired) electrons. The van der Waals surface area contributed by atoms with Crippen LogP contribution in [-0.2, 0) is 13.0 Å². The first-order valence-corrected chi connectivity index (χ1v) is 12.5. The fraction of sp³-hybridized carbons (Fsp3) is 0.156. The van der Waals surface area contributed by atoms with Gasteiger partial charge in [0.25, 0.3) is 5.69 Å². The molecule has 0 aliphatic carbocycles. The number of fused-ring (bicyclic) bond motifs is 1. The SMILES string of the molecule is CCc1ccc(-c2c(-c3ccc(C)cc3)n(Cc3ccc(OC)cc3)c3ccc([N+](=O)[O-])cc3c2=O)cc1. The minimum absolute atomic E-state index is 0.110. The Morgan fingerprint density at radius 1 is 0.842 bits per heavy atom. The summed E-state index contributed by atoms with van der Waals surface area (Å²) in [5, 5.41) is 11.9. The first-order valence-electron chi connectivity index (χ1n) is 12.5. The number of ether oxygens (including phenoxy) is 1. The van der Waals surface area contributed by atoms with Gasteiger partial charge in [0.1, 0.15) is 5.75 Å². The van der Waals surface area contributed by atoms with E-state index in [1.165, 1.54) is 17.7 Å². The fourth-order valence-electron chi connectivity index (χ4n) is 4.82. The van der Waals surface area contributed by atoms with Crippen LogP contribution in [0.1, 0.15) is 23.6 Å². The van der Waals surface area contributed by atoms with Gasteiger partial charge in [-0.3, -0.25) is 14.9 Å². The fourth-order valence-corrected chi connectivity index (χ4v) is 4.82. The Balaban J connectivity index is 1.89. The summed E-state index contributed by atoms with van der Waals surface area (Å²) in [6.45, 7) is 4.57. The van der Waals surface area contributed by atoms with Crippen molar-refractivity contribution in [3.63, 3.8) is 0 Å². The van der Waals surface area contributed by atoms with Gasteiger partial charge in [-0.2, -0.15) is 0 Å². The molecule has 4 aromatic carbocycles. The van der Waals surface area contributed by atoms with Crippen molar-refractivity contribution in [1.29, 1.82) is 0 Å². The highest BCUT2D eigenvalue weighted by Gasteiger charge is 2.22. The maximum atomic E-state index is 14.2. The van der Waals surface area contributed by atoms with E-state index in [-0.39, 0.29) is 11.1 Å². The molecule has 1 heterocycles. The van der Waals surface area contributed by atoms with Crippen LogP contribution in [0.3, 0.4) is 0 Å². The summed E-state index contributed by atoms with van der Waals surface area (Å²) in [5.41, 5.74) is 6.57. The number of methoxy groups -OCH3 is 1. The number of aromatic nitrogens is 1. The van der Waals surface area contributed by atoms with Gasteiger partial charge in [0.2, 0.25) is 0 Å². The molecule has 6 nitrogen and oxygen atoms in total. The van der Waals surface area contributed by atoms with Crippen LogP contribution >= 0.6 is 0 Å². The van der Waals surface area contributed by atoms with Gasteiger partial charge in [-0.15, -0.1) is 0 Å². The van der Waals surface area contributed by atoms with Gasteiger partial charge in [0, 0.05) is 18.7 Å².